The molecule has 4 nitrogen and oxygen atoms in total. The molecule has 1 unspecified atom stereocenters. The second-order valence-corrected chi connectivity index (χ2v) is 4.79. The average molecular weight is 266 g/mol. The molecule has 1 atom stereocenters. The summed E-state index contributed by atoms with van der Waals surface area (Å²) in [6.45, 7) is 1.08. The van der Waals surface area contributed by atoms with Crippen molar-refractivity contribution in [2.75, 3.05) is 13.2 Å². The highest BCUT2D eigenvalue weighted by atomic mass is 19.1. The lowest BCUT2D eigenvalue weighted by atomic mass is 9.98. The third-order valence-corrected chi connectivity index (χ3v) is 3.56. The van der Waals surface area contributed by atoms with E-state index in [1.165, 1.54) is 12.1 Å². The number of benzene rings is 1. The summed E-state index contributed by atoms with van der Waals surface area (Å²) in [5, 5.41) is 0. The van der Waals surface area contributed by atoms with Crippen LogP contribution >= 0.6 is 0 Å². The number of hydrogen-bond donors (Lipinski definition) is 1. The molecule has 1 saturated heterocycles. The van der Waals surface area contributed by atoms with Gasteiger partial charge in [-0.05, 0) is 37.8 Å². The number of nitrogens with two attached hydrogens (primary N) is 1. The van der Waals surface area contributed by atoms with Gasteiger partial charge < -0.3 is 9.74 Å². The summed E-state index contributed by atoms with van der Waals surface area (Å²) in [6, 6.07) is 6.20. The highest BCUT2D eigenvalue weighted by molar-refractivity contribution is 5.94. The van der Waals surface area contributed by atoms with Gasteiger partial charge in [0.05, 0.1) is 12.2 Å². The van der Waals surface area contributed by atoms with Crippen molar-refractivity contribution >= 4 is 5.91 Å². The van der Waals surface area contributed by atoms with Crippen molar-refractivity contribution in [3.63, 3.8) is 0 Å². The summed E-state index contributed by atoms with van der Waals surface area (Å²) >= 11 is 0. The molecule has 19 heavy (non-hydrogen) atoms. The minimum absolute atomic E-state index is 0.0874. The highest BCUT2D eigenvalue weighted by Crippen LogP contribution is 2.22. The van der Waals surface area contributed by atoms with Crippen LogP contribution in [0.1, 0.15) is 36.0 Å². The van der Waals surface area contributed by atoms with Crippen molar-refractivity contribution in [1.29, 1.82) is 0 Å². The minimum Gasteiger partial charge on any atom is -0.335 e. The van der Waals surface area contributed by atoms with Crippen LogP contribution in [0.5, 0.6) is 0 Å². The Bertz CT molecular complexity index is 439. The Kier molecular flexibility index (Phi) is 4.87. The summed E-state index contributed by atoms with van der Waals surface area (Å²) in [5.74, 6) is 4.34. The number of amides is 1. The molecule has 0 bridgehead atoms. The molecule has 0 radical (unpaired) electrons. The van der Waals surface area contributed by atoms with E-state index in [1.54, 1.807) is 17.0 Å². The smallest absolute Gasteiger partial charge is 0.257 e. The second kappa shape index (κ2) is 6.63. The van der Waals surface area contributed by atoms with E-state index in [-0.39, 0.29) is 17.5 Å². The molecule has 2 rings (SSSR count). The lowest BCUT2D eigenvalue weighted by molar-refractivity contribution is 0.0510. The fraction of sp³-hybridized carbons (Fsp3) is 0.500. The van der Waals surface area contributed by atoms with Gasteiger partial charge in [0.2, 0.25) is 0 Å². The molecule has 104 valence electrons. The van der Waals surface area contributed by atoms with Crippen LogP contribution in [0.2, 0.25) is 0 Å². The van der Waals surface area contributed by atoms with Gasteiger partial charge in [-0.2, -0.15) is 0 Å². The topological polar surface area (TPSA) is 55.6 Å². The number of carbonyl (C=O) groups excluding carboxylic acids is 1. The van der Waals surface area contributed by atoms with E-state index in [9.17, 15) is 9.18 Å². The lowest BCUT2D eigenvalue weighted by Gasteiger charge is -2.35. The van der Waals surface area contributed by atoms with Gasteiger partial charge in [-0.15, -0.1) is 0 Å². The third kappa shape index (κ3) is 3.30. The summed E-state index contributed by atoms with van der Waals surface area (Å²) in [5.41, 5.74) is 0.142. The van der Waals surface area contributed by atoms with Gasteiger partial charge in [-0.1, -0.05) is 12.1 Å². The molecule has 0 saturated carbocycles. The SMILES string of the molecule is NOCCC1CCCCN1C(=O)c1ccccc1F. The molecule has 0 aliphatic carbocycles. The molecular weight excluding hydrogens is 247 g/mol. The lowest BCUT2D eigenvalue weighted by Crippen LogP contribution is -2.44. The number of carbonyl (C=O) groups is 1. The summed E-state index contributed by atoms with van der Waals surface area (Å²) in [4.78, 5) is 18.7. The molecule has 1 aliphatic heterocycles. The first kappa shape index (κ1) is 14.0. The van der Waals surface area contributed by atoms with E-state index in [1.807, 2.05) is 0 Å². The van der Waals surface area contributed by atoms with Crippen molar-refractivity contribution in [3.8, 4) is 0 Å². The predicted octanol–water partition coefficient (Wildman–Crippen LogP) is 2.10. The van der Waals surface area contributed by atoms with E-state index in [0.29, 0.717) is 19.6 Å². The van der Waals surface area contributed by atoms with Crippen LogP contribution in [-0.2, 0) is 4.84 Å². The zero-order valence-corrected chi connectivity index (χ0v) is 10.8. The predicted molar refractivity (Wildman–Crippen MR) is 69.8 cm³/mol. The summed E-state index contributed by atoms with van der Waals surface area (Å²) < 4.78 is 13.7. The van der Waals surface area contributed by atoms with Crippen molar-refractivity contribution in [3.05, 3.63) is 35.6 Å². The normalized spacial score (nSPS) is 19.5. The number of hydrogen-bond acceptors (Lipinski definition) is 3. The van der Waals surface area contributed by atoms with Gasteiger partial charge in [0.15, 0.2) is 0 Å². The quantitative estimate of drug-likeness (QED) is 0.849. The van der Waals surface area contributed by atoms with Crippen molar-refractivity contribution in [2.24, 2.45) is 5.90 Å². The Balaban J connectivity index is 2.13. The van der Waals surface area contributed by atoms with Crippen LogP contribution in [0.4, 0.5) is 4.39 Å². The molecule has 2 N–H and O–H groups in total. The molecule has 1 aromatic carbocycles. The van der Waals surface area contributed by atoms with Gasteiger partial charge in [-0.3, -0.25) is 4.79 Å². The van der Waals surface area contributed by atoms with E-state index in [0.717, 1.165) is 19.3 Å². The Hall–Kier alpha value is -1.46. The van der Waals surface area contributed by atoms with Gasteiger partial charge in [-0.25, -0.2) is 10.3 Å². The van der Waals surface area contributed by atoms with Crippen LogP contribution < -0.4 is 5.90 Å². The Labute approximate surface area is 112 Å². The fourth-order valence-electron chi connectivity index (χ4n) is 2.56. The number of rotatable bonds is 4. The Morgan fingerprint density at radius 3 is 2.95 bits per heavy atom. The molecule has 1 amide bonds. The molecular formula is C14H19FN2O2. The Morgan fingerprint density at radius 2 is 2.21 bits per heavy atom. The minimum atomic E-state index is -0.466. The molecule has 1 fully saturated rings. The van der Waals surface area contributed by atoms with Crippen LogP contribution in [0.3, 0.4) is 0 Å². The highest BCUT2D eigenvalue weighted by Gasteiger charge is 2.28. The van der Waals surface area contributed by atoms with Crippen LogP contribution in [0, 0.1) is 5.82 Å². The van der Waals surface area contributed by atoms with Crippen molar-refractivity contribution in [2.45, 2.75) is 31.7 Å². The second-order valence-electron chi connectivity index (χ2n) is 4.79. The number of likely N-dealkylation sites (tertiary alicyclic amines) is 1. The fourth-order valence-corrected chi connectivity index (χ4v) is 2.56. The maximum absolute atomic E-state index is 13.7. The summed E-state index contributed by atoms with van der Waals surface area (Å²) in [7, 11) is 0. The van der Waals surface area contributed by atoms with E-state index < -0.39 is 5.82 Å². The van der Waals surface area contributed by atoms with Gasteiger partial charge in [0, 0.05) is 12.6 Å². The molecule has 0 spiro atoms. The number of piperidine rings is 1. The zero-order valence-electron chi connectivity index (χ0n) is 10.8. The standard InChI is InChI=1S/C14H19FN2O2/c15-13-7-2-1-6-12(13)14(18)17-9-4-3-5-11(17)8-10-19-16/h1-2,6-7,11H,3-5,8-10,16H2. The first-order valence-corrected chi connectivity index (χ1v) is 6.61. The number of nitrogens with zero attached hydrogens (tertiary/aromatic N) is 1. The number of halogens is 1. The molecule has 0 aromatic heterocycles. The first-order chi connectivity index (χ1) is 9.24. The van der Waals surface area contributed by atoms with E-state index in [2.05, 4.69) is 4.84 Å². The van der Waals surface area contributed by atoms with Crippen molar-refractivity contribution in [1.82, 2.24) is 4.90 Å². The van der Waals surface area contributed by atoms with Gasteiger partial charge in [0.25, 0.3) is 5.91 Å². The maximum Gasteiger partial charge on any atom is 0.257 e. The monoisotopic (exact) mass is 266 g/mol. The average Bonchev–Trinajstić information content (AvgIpc) is 2.45. The molecule has 1 aliphatic rings. The first-order valence-electron chi connectivity index (χ1n) is 6.61. The largest absolute Gasteiger partial charge is 0.335 e. The van der Waals surface area contributed by atoms with Crippen LogP contribution in [-0.4, -0.2) is 30.0 Å². The van der Waals surface area contributed by atoms with Gasteiger partial charge in [0.1, 0.15) is 5.82 Å². The van der Waals surface area contributed by atoms with Gasteiger partial charge >= 0.3 is 0 Å². The Morgan fingerprint density at radius 1 is 1.42 bits per heavy atom. The molecule has 1 aromatic rings. The van der Waals surface area contributed by atoms with Crippen LogP contribution in [0.15, 0.2) is 24.3 Å². The maximum atomic E-state index is 13.7. The molecule has 1 heterocycles. The van der Waals surface area contributed by atoms with E-state index in [4.69, 9.17) is 5.90 Å². The third-order valence-electron chi connectivity index (χ3n) is 3.56. The summed E-state index contributed by atoms with van der Waals surface area (Å²) in [6.07, 6.45) is 3.65. The zero-order chi connectivity index (χ0) is 13.7. The van der Waals surface area contributed by atoms with E-state index >= 15 is 0 Å². The van der Waals surface area contributed by atoms with Crippen LogP contribution in [0.25, 0.3) is 0 Å². The van der Waals surface area contributed by atoms with Crippen molar-refractivity contribution < 1.29 is 14.0 Å². The molecule has 5 heteroatoms.